The Hall–Kier alpha value is -1.26. The standard InChI is InChI=1S/C14H17FN2S/c1-3-5-11-12(8-16)18-14(17-11)10-7-4-6-9(2)13(10)15/h4,6-7H,3,5,8,16H2,1-2H3. The quantitative estimate of drug-likeness (QED) is 0.915. The Morgan fingerprint density at radius 2 is 2.17 bits per heavy atom. The van der Waals surface area contributed by atoms with Crippen LogP contribution in [0.25, 0.3) is 10.6 Å². The maximum atomic E-state index is 14.1. The largest absolute Gasteiger partial charge is 0.326 e. The number of hydrogen-bond donors (Lipinski definition) is 1. The van der Waals surface area contributed by atoms with Crippen molar-refractivity contribution >= 4 is 11.3 Å². The van der Waals surface area contributed by atoms with Gasteiger partial charge in [-0.2, -0.15) is 0 Å². The number of thiazole rings is 1. The normalized spacial score (nSPS) is 10.9. The predicted octanol–water partition coefficient (Wildman–Crippen LogP) is 3.67. The number of nitrogens with two attached hydrogens (primary N) is 1. The van der Waals surface area contributed by atoms with E-state index in [0.717, 1.165) is 28.4 Å². The highest BCUT2D eigenvalue weighted by Gasteiger charge is 2.14. The van der Waals surface area contributed by atoms with Crippen LogP contribution in [-0.4, -0.2) is 4.98 Å². The highest BCUT2D eigenvalue weighted by atomic mass is 32.1. The molecule has 2 rings (SSSR count). The van der Waals surface area contributed by atoms with Crippen LogP contribution in [0.4, 0.5) is 4.39 Å². The third-order valence-electron chi connectivity index (χ3n) is 2.87. The summed E-state index contributed by atoms with van der Waals surface area (Å²) in [5.74, 6) is -0.183. The Kier molecular flexibility index (Phi) is 4.09. The summed E-state index contributed by atoms with van der Waals surface area (Å²) >= 11 is 1.50. The Balaban J connectivity index is 2.47. The van der Waals surface area contributed by atoms with Gasteiger partial charge in [0.1, 0.15) is 10.8 Å². The Morgan fingerprint density at radius 3 is 2.83 bits per heavy atom. The first kappa shape index (κ1) is 13.2. The van der Waals surface area contributed by atoms with Crippen molar-refractivity contribution < 1.29 is 4.39 Å². The van der Waals surface area contributed by atoms with Crippen LogP contribution in [0.5, 0.6) is 0 Å². The zero-order valence-corrected chi connectivity index (χ0v) is 11.5. The van der Waals surface area contributed by atoms with Crippen LogP contribution < -0.4 is 5.73 Å². The minimum Gasteiger partial charge on any atom is -0.326 e. The van der Waals surface area contributed by atoms with E-state index < -0.39 is 0 Å². The van der Waals surface area contributed by atoms with Crippen LogP contribution in [0.3, 0.4) is 0 Å². The Morgan fingerprint density at radius 1 is 1.39 bits per heavy atom. The molecule has 2 nitrogen and oxygen atoms in total. The lowest BCUT2D eigenvalue weighted by Gasteiger charge is -2.01. The van der Waals surface area contributed by atoms with Crippen LogP contribution in [-0.2, 0) is 13.0 Å². The number of aromatic nitrogens is 1. The molecule has 0 bridgehead atoms. The van der Waals surface area contributed by atoms with Gasteiger partial charge in [-0.3, -0.25) is 0 Å². The molecule has 0 fully saturated rings. The molecule has 0 aliphatic heterocycles. The van der Waals surface area contributed by atoms with Gasteiger partial charge < -0.3 is 5.73 Å². The van der Waals surface area contributed by atoms with E-state index in [2.05, 4.69) is 11.9 Å². The Labute approximate surface area is 111 Å². The number of halogens is 1. The predicted molar refractivity (Wildman–Crippen MR) is 74.1 cm³/mol. The molecule has 1 heterocycles. The average molecular weight is 264 g/mol. The van der Waals surface area contributed by atoms with Gasteiger partial charge in [-0.25, -0.2) is 9.37 Å². The lowest BCUT2D eigenvalue weighted by Crippen LogP contribution is -1.97. The second-order valence-corrected chi connectivity index (χ2v) is 5.36. The summed E-state index contributed by atoms with van der Waals surface area (Å²) in [4.78, 5) is 5.60. The Bertz CT molecular complexity index is 549. The first-order chi connectivity index (χ1) is 8.67. The second kappa shape index (κ2) is 5.59. The zero-order chi connectivity index (χ0) is 13.1. The fourth-order valence-corrected chi connectivity index (χ4v) is 2.91. The van der Waals surface area contributed by atoms with Crippen molar-refractivity contribution in [1.29, 1.82) is 0 Å². The van der Waals surface area contributed by atoms with Crippen molar-refractivity contribution in [3.63, 3.8) is 0 Å². The van der Waals surface area contributed by atoms with E-state index in [1.807, 2.05) is 6.07 Å². The molecule has 0 saturated heterocycles. The molecule has 4 heteroatoms. The topological polar surface area (TPSA) is 38.9 Å². The molecule has 0 amide bonds. The molecule has 0 aliphatic rings. The lowest BCUT2D eigenvalue weighted by atomic mass is 10.1. The highest BCUT2D eigenvalue weighted by molar-refractivity contribution is 7.15. The summed E-state index contributed by atoms with van der Waals surface area (Å²) in [6, 6.07) is 5.40. The minimum atomic E-state index is -0.183. The first-order valence-corrected chi connectivity index (χ1v) is 6.93. The fraction of sp³-hybridized carbons (Fsp3) is 0.357. The number of rotatable bonds is 4. The summed E-state index contributed by atoms with van der Waals surface area (Å²) in [5, 5.41) is 0.736. The summed E-state index contributed by atoms with van der Waals surface area (Å²) in [6.45, 7) is 4.34. The maximum Gasteiger partial charge on any atom is 0.136 e. The van der Waals surface area contributed by atoms with Gasteiger partial charge in [-0.05, 0) is 25.0 Å². The molecule has 1 aromatic carbocycles. The van der Waals surface area contributed by atoms with Gasteiger partial charge in [0, 0.05) is 17.0 Å². The summed E-state index contributed by atoms with van der Waals surface area (Å²) in [7, 11) is 0. The van der Waals surface area contributed by atoms with Gasteiger partial charge in [-0.1, -0.05) is 25.5 Å². The molecule has 18 heavy (non-hydrogen) atoms. The molecule has 0 spiro atoms. The molecule has 96 valence electrons. The van der Waals surface area contributed by atoms with Crippen molar-refractivity contribution in [2.45, 2.75) is 33.2 Å². The van der Waals surface area contributed by atoms with E-state index in [4.69, 9.17) is 5.73 Å². The van der Waals surface area contributed by atoms with Gasteiger partial charge in [0.05, 0.1) is 5.69 Å². The highest BCUT2D eigenvalue weighted by Crippen LogP contribution is 2.31. The summed E-state index contributed by atoms with van der Waals surface area (Å²) < 4.78 is 14.1. The van der Waals surface area contributed by atoms with Gasteiger partial charge in [0.2, 0.25) is 0 Å². The molecule has 0 atom stereocenters. The molecule has 0 unspecified atom stereocenters. The molecule has 0 aliphatic carbocycles. The molecule has 1 aromatic heterocycles. The monoisotopic (exact) mass is 264 g/mol. The van der Waals surface area contributed by atoms with Crippen molar-refractivity contribution in [2.24, 2.45) is 5.73 Å². The van der Waals surface area contributed by atoms with Gasteiger partial charge in [0.15, 0.2) is 0 Å². The summed E-state index contributed by atoms with van der Waals surface area (Å²) in [5.41, 5.74) is 7.96. The molecular weight excluding hydrogens is 247 g/mol. The number of aryl methyl sites for hydroxylation is 2. The fourth-order valence-electron chi connectivity index (χ4n) is 1.90. The first-order valence-electron chi connectivity index (χ1n) is 6.11. The SMILES string of the molecule is CCCc1nc(-c2cccc(C)c2F)sc1CN. The van der Waals surface area contributed by atoms with Gasteiger partial charge in [-0.15, -0.1) is 11.3 Å². The molecular formula is C14H17FN2S. The van der Waals surface area contributed by atoms with E-state index in [1.54, 1.807) is 19.1 Å². The third-order valence-corrected chi connectivity index (χ3v) is 4.03. The lowest BCUT2D eigenvalue weighted by molar-refractivity contribution is 0.622. The van der Waals surface area contributed by atoms with Crippen LogP contribution in [0.1, 0.15) is 29.5 Å². The number of nitrogens with zero attached hydrogens (tertiary/aromatic N) is 1. The molecule has 2 aromatic rings. The van der Waals surface area contributed by atoms with Crippen LogP contribution in [0.2, 0.25) is 0 Å². The van der Waals surface area contributed by atoms with Crippen LogP contribution >= 0.6 is 11.3 Å². The van der Waals surface area contributed by atoms with E-state index in [9.17, 15) is 4.39 Å². The van der Waals surface area contributed by atoms with Crippen LogP contribution in [0, 0.1) is 12.7 Å². The maximum absolute atomic E-state index is 14.1. The van der Waals surface area contributed by atoms with Crippen molar-refractivity contribution in [3.05, 3.63) is 40.2 Å². The minimum absolute atomic E-state index is 0.183. The summed E-state index contributed by atoms with van der Waals surface area (Å²) in [6.07, 6.45) is 1.92. The second-order valence-electron chi connectivity index (χ2n) is 4.28. The van der Waals surface area contributed by atoms with E-state index in [1.165, 1.54) is 11.3 Å². The van der Waals surface area contributed by atoms with Crippen molar-refractivity contribution in [2.75, 3.05) is 0 Å². The van der Waals surface area contributed by atoms with Gasteiger partial charge >= 0.3 is 0 Å². The third kappa shape index (κ3) is 2.44. The van der Waals surface area contributed by atoms with Crippen LogP contribution in [0.15, 0.2) is 18.2 Å². The van der Waals surface area contributed by atoms with Gasteiger partial charge in [0.25, 0.3) is 0 Å². The molecule has 0 radical (unpaired) electrons. The van der Waals surface area contributed by atoms with E-state index in [0.29, 0.717) is 17.7 Å². The number of benzene rings is 1. The molecule has 0 saturated carbocycles. The van der Waals surface area contributed by atoms with Crippen molar-refractivity contribution in [1.82, 2.24) is 4.98 Å². The number of hydrogen-bond acceptors (Lipinski definition) is 3. The van der Waals surface area contributed by atoms with E-state index >= 15 is 0 Å². The smallest absolute Gasteiger partial charge is 0.136 e. The molecule has 2 N–H and O–H groups in total. The zero-order valence-electron chi connectivity index (χ0n) is 10.7. The van der Waals surface area contributed by atoms with Crippen molar-refractivity contribution in [3.8, 4) is 10.6 Å². The van der Waals surface area contributed by atoms with E-state index in [-0.39, 0.29) is 5.82 Å². The average Bonchev–Trinajstić information content (AvgIpc) is 2.76.